The molecule has 2 heterocycles. The van der Waals surface area contributed by atoms with E-state index in [4.69, 9.17) is 11.6 Å². The molecular weight excluding hydrogens is 441 g/mol. The van der Waals surface area contributed by atoms with Crippen LogP contribution in [0.1, 0.15) is 11.1 Å². The predicted molar refractivity (Wildman–Crippen MR) is 121 cm³/mol. The molecule has 0 saturated heterocycles. The topological polar surface area (TPSA) is 73.1 Å². The van der Waals surface area contributed by atoms with E-state index in [1.54, 1.807) is 23.6 Å². The highest BCUT2D eigenvalue weighted by molar-refractivity contribution is 7.17. The number of benzene rings is 2. The molecule has 0 spiro atoms. The van der Waals surface area contributed by atoms with Gasteiger partial charge in [-0.1, -0.05) is 17.7 Å². The fraction of sp³-hybridized carbons (Fsp3) is 0.136. The van der Waals surface area contributed by atoms with Crippen LogP contribution in [-0.2, 0) is 11.3 Å². The Morgan fingerprint density at radius 1 is 1.10 bits per heavy atom. The van der Waals surface area contributed by atoms with Crippen LogP contribution in [0.25, 0.3) is 15.9 Å². The summed E-state index contributed by atoms with van der Waals surface area (Å²) in [4.78, 5) is 38.9. The van der Waals surface area contributed by atoms with Crippen molar-refractivity contribution in [3.05, 3.63) is 90.6 Å². The van der Waals surface area contributed by atoms with Crippen LogP contribution in [0.4, 0.5) is 10.1 Å². The second-order valence-corrected chi connectivity index (χ2v) is 8.41. The van der Waals surface area contributed by atoms with Crippen molar-refractivity contribution in [1.82, 2.24) is 9.13 Å². The molecule has 158 valence electrons. The van der Waals surface area contributed by atoms with Crippen LogP contribution in [0.3, 0.4) is 0 Å². The van der Waals surface area contributed by atoms with Gasteiger partial charge in [0.25, 0.3) is 5.56 Å². The van der Waals surface area contributed by atoms with Gasteiger partial charge in [-0.3, -0.25) is 14.2 Å². The Morgan fingerprint density at radius 3 is 2.61 bits per heavy atom. The van der Waals surface area contributed by atoms with Crippen molar-refractivity contribution >= 4 is 44.7 Å². The molecule has 0 bridgehead atoms. The number of thiophene rings is 1. The number of nitrogens with one attached hydrogen (secondary N) is 1. The SMILES string of the molecule is Cc1ccc(-n2c(=O)c3sccc3n(CC(=O)Nc3cc(F)ccc3Cl)c2=O)cc1C. The molecule has 2 aromatic carbocycles. The number of fused-ring (bicyclic) bond motifs is 1. The maximum atomic E-state index is 13.5. The molecule has 9 heteroatoms. The van der Waals surface area contributed by atoms with Crippen LogP contribution < -0.4 is 16.6 Å². The molecule has 4 aromatic rings. The Labute approximate surface area is 185 Å². The third-order valence-electron chi connectivity index (χ3n) is 5.01. The number of hydrogen-bond acceptors (Lipinski definition) is 4. The van der Waals surface area contributed by atoms with Crippen molar-refractivity contribution in [2.45, 2.75) is 20.4 Å². The summed E-state index contributed by atoms with van der Waals surface area (Å²) < 4.78 is 16.1. The molecule has 0 atom stereocenters. The smallest absolute Gasteiger partial charge is 0.323 e. The summed E-state index contributed by atoms with van der Waals surface area (Å²) in [5, 5.41) is 4.38. The summed E-state index contributed by atoms with van der Waals surface area (Å²) in [6.07, 6.45) is 0. The molecule has 0 fully saturated rings. The van der Waals surface area contributed by atoms with E-state index in [1.165, 1.54) is 28.0 Å². The van der Waals surface area contributed by atoms with E-state index in [2.05, 4.69) is 5.32 Å². The first kappa shape index (κ1) is 21.0. The second kappa shape index (κ2) is 8.13. The molecule has 0 radical (unpaired) electrons. The number of amides is 1. The van der Waals surface area contributed by atoms with Crippen molar-refractivity contribution in [3.8, 4) is 5.69 Å². The van der Waals surface area contributed by atoms with E-state index in [9.17, 15) is 18.8 Å². The monoisotopic (exact) mass is 457 g/mol. The van der Waals surface area contributed by atoms with Gasteiger partial charge in [0.1, 0.15) is 17.1 Å². The minimum atomic E-state index is -0.639. The lowest BCUT2D eigenvalue weighted by Gasteiger charge is -2.14. The first-order valence-electron chi connectivity index (χ1n) is 9.32. The Hall–Kier alpha value is -3.23. The van der Waals surface area contributed by atoms with Crippen LogP contribution in [0.15, 0.2) is 57.4 Å². The van der Waals surface area contributed by atoms with Gasteiger partial charge in [0.15, 0.2) is 0 Å². The molecule has 31 heavy (non-hydrogen) atoms. The first-order valence-corrected chi connectivity index (χ1v) is 10.6. The van der Waals surface area contributed by atoms with Crippen LogP contribution in [0.2, 0.25) is 5.02 Å². The van der Waals surface area contributed by atoms with Crippen LogP contribution in [-0.4, -0.2) is 15.0 Å². The Morgan fingerprint density at radius 2 is 1.87 bits per heavy atom. The fourth-order valence-electron chi connectivity index (χ4n) is 3.26. The normalized spacial score (nSPS) is 11.1. The molecule has 2 aromatic heterocycles. The average Bonchev–Trinajstić information content (AvgIpc) is 3.21. The second-order valence-electron chi connectivity index (χ2n) is 7.09. The number of hydrogen-bond donors (Lipinski definition) is 1. The summed E-state index contributed by atoms with van der Waals surface area (Å²) >= 11 is 7.21. The van der Waals surface area contributed by atoms with Crippen molar-refractivity contribution in [3.63, 3.8) is 0 Å². The lowest BCUT2D eigenvalue weighted by Crippen LogP contribution is -2.40. The molecule has 6 nitrogen and oxygen atoms in total. The molecule has 0 aliphatic heterocycles. The van der Waals surface area contributed by atoms with Crippen LogP contribution >= 0.6 is 22.9 Å². The minimum Gasteiger partial charge on any atom is -0.323 e. The highest BCUT2D eigenvalue weighted by atomic mass is 35.5. The van der Waals surface area contributed by atoms with Gasteiger partial charge in [-0.05, 0) is 66.8 Å². The van der Waals surface area contributed by atoms with E-state index in [0.717, 1.165) is 21.8 Å². The average molecular weight is 458 g/mol. The number of aromatic nitrogens is 2. The van der Waals surface area contributed by atoms with E-state index in [0.29, 0.717) is 15.9 Å². The summed E-state index contributed by atoms with van der Waals surface area (Å²) in [5.41, 5.74) is 1.77. The highest BCUT2D eigenvalue weighted by Gasteiger charge is 2.18. The molecule has 0 aliphatic carbocycles. The van der Waals surface area contributed by atoms with Gasteiger partial charge < -0.3 is 5.32 Å². The largest absolute Gasteiger partial charge is 0.336 e. The molecule has 0 saturated carbocycles. The van der Waals surface area contributed by atoms with Gasteiger partial charge >= 0.3 is 5.69 Å². The summed E-state index contributed by atoms with van der Waals surface area (Å²) in [5.74, 6) is -1.13. The zero-order chi connectivity index (χ0) is 22.3. The van der Waals surface area contributed by atoms with Gasteiger partial charge in [0.2, 0.25) is 5.91 Å². The molecule has 1 N–H and O–H groups in total. The number of anilines is 1. The van der Waals surface area contributed by atoms with Crippen molar-refractivity contribution in [1.29, 1.82) is 0 Å². The van der Waals surface area contributed by atoms with Gasteiger partial charge in [-0.2, -0.15) is 0 Å². The van der Waals surface area contributed by atoms with Crippen molar-refractivity contribution in [2.24, 2.45) is 0 Å². The zero-order valence-electron chi connectivity index (χ0n) is 16.6. The number of carbonyl (C=O) groups excluding carboxylic acids is 1. The summed E-state index contributed by atoms with van der Waals surface area (Å²) in [6.45, 7) is 3.46. The van der Waals surface area contributed by atoms with Gasteiger partial charge in [0, 0.05) is 0 Å². The third-order valence-corrected chi connectivity index (χ3v) is 6.23. The predicted octanol–water partition coefficient (Wildman–Crippen LogP) is 4.26. The van der Waals surface area contributed by atoms with Gasteiger partial charge in [0.05, 0.1) is 21.9 Å². The molecule has 4 rings (SSSR count). The minimum absolute atomic E-state index is 0.101. The maximum absolute atomic E-state index is 13.5. The lowest BCUT2D eigenvalue weighted by atomic mass is 10.1. The first-order chi connectivity index (χ1) is 14.8. The Kier molecular flexibility index (Phi) is 5.51. The van der Waals surface area contributed by atoms with Gasteiger partial charge in [-0.25, -0.2) is 13.8 Å². The highest BCUT2D eigenvalue weighted by Crippen LogP contribution is 2.23. The number of carbonyl (C=O) groups is 1. The van der Waals surface area contributed by atoms with Crippen LogP contribution in [0, 0.1) is 19.7 Å². The fourth-order valence-corrected chi connectivity index (χ4v) is 4.25. The van der Waals surface area contributed by atoms with E-state index in [-0.39, 0.29) is 17.3 Å². The number of aryl methyl sites for hydroxylation is 2. The Balaban J connectivity index is 1.81. The number of nitrogens with zero attached hydrogens (tertiary/aromatic N) is 2. The standard InChI is InChI=1S/C22H17ClFN3O3S/c1-12-3-5-15(9-13(12)2)27-21(29)20-18(7-8-31-20)26(22(27)30)11-19(28)25-17-10-14(24)4-6-16(17)23/h3-10H,11H2,1-2H3,(H,25,28). The Bertz CT molecular complexity index is 1450. The third kappa shape index (κ3) is 3.92. The van der Waals surface area contributed by atoms with Crippen LogP contribution in [0.5, 0.6) is 0 Å². The zero-order valence-corrected chi connectivity index (χ0v) is 18.2. The van der Waals surface area contributed by atoms with Gasteiger partial charge in [-0.15, -0.1) is 11.3 Å². The molecule has 0 unspecified atom stereocenters. The molecular formula is C22H17ClFN3O3S. The summed E-state index contributed by atoms with van der Waals surface area (Å²) in [6, 6.07) is 10.5. The van der Waals surface area contributed by atoms with E-state index < -0.39 is 23.0 Å². The van der Waals surface area contributed by atoms with Crippen molar-refractivity contribution in [2.75, 3.05) is 5.32 Å². The molecule has 0 aliphatic rings. The number of rotatable bonds is 4. The van der Waals surface area contributed by atoms with E-state index in [1.807, 2.05) is 19.9 Å². The lowest BCUT2D eigenvalue weighted by molar-refractivity contribution is -0.116. The summed E-state index contributed by atoms with van der Waals surface area (Å²) in [7, 11) is 0. The van der Waals surface area contributed by atoms with E-state index >= 15 is 0 Å². The maximum Gasteiger partial charge on any atom is 0.336 e. The molecule has 1 amide bonds. The quantitative estimate of drug-likeness (QED) is 0.497. The number of halogens is 2. The van der Waals surface area contributed by atoms with Crippen molar-refractivity contribution < 1.29 is 9.18 Å².